The Kier molecular flexibility index (Phi) is 6.02. The lowest BCUT2D eigenvalue weighted by Crippen LogP contribution is -1.95. The molecule has 0 heterocycles. The number of rotatable bonds is 7. The molecule has 0 spiro atoms. The average Bonchev–Trinajstić information content (AvgIpc) is 2.69. The zero-order valence-electron chi connectivity index (χ0n) is 14.2. The second kappa shape index (κ2) is 8.82. The standard InChI is InChI=1S/C20H16ClN3O3/c21-17-5-1-16(2-6-17)14-27-20-11-3-15(4-12-20)13-22-23-18-7-9-19(10-8-18)24(25)26/h1-13,23H,14H2/b22-13-. The number of non-ortho nitro benzene ring substituents is 1. The molecule has 3 aromatic rings. The van der Waals surface area contributed by atoms with E-state index < -0.39 is 4.92 Å². The molecule has 0 aromatic heterocycles. The van der Waals surface area contributed by atoms with Gasteiger partial charge in [-0.15, -0.1) is 0 Å². The first-order valence-corrected chi connectivity index (χ1v) is 8.49. The summed E-state index contributed by atoms with van der Waals surface area (Å²) in [4.78, 5) is 10.2. The van der Waals surface area contributed by atoms with Crippen LogP contribution in [0.2, 0.25) is 5.02 Å². The molecule has 3 rings (SSSR count). The van der Waals surface area contributed by atoms with Gasteiger partial charge in [0.1, 0.15) is 12.4 Å². The molecule has 0 aliphatic heterocycles. The van der Waals surface area contributed by atoms with Crippen LogP contribution in [0.3, 0.4) is 0 Å². The molecule has 27 heavy (non-hydrogen) atoms. The van der Waals surface area contributed by atoms with E-state index >= 15 is 0 Å². The number of ether oxygens (including phenoxy) is 1. The smallest absolute Gasteiger partial charge is 0.269 e. The molecule has 0 saturated carbocycles. The molecule has 0 fully saturated rings. The van der Waals surface area contributed by atoms with E-state index in [4.69, 9.17) is 16.3 Å². The summed E-state index contributed by atoms with van der Waals surface area (Å²) in [5, 5.41) is 15.4. The topological polar surface area (TPSA) is 76.8 Å². The van der Waals surface area contributed by atoms with Gasteiger partial charge in [-0.2, -0.15) is 5.10 Å². The summed E-state index contributed by atoms with van der Waals surface area (Å²) in [7, 11) is 0. The van der Waals surface area contributed by atoms with Gasteiger partial charge in [0.2, 0.25) is 0 Å². The fourth-order valence-corrected chi connectivity index (χ4v) is 2.36. The van der Waals surface area contributed by atoms with Crippen molar-refractivity contribution in [1.82, 2.24) is 0 Å². The molecule has 0 bridgehead atoms. The lowest BCUT2D eigenvalue weighted by Gasteiger charge is -2.06. The van der Waals surface area contributed by atoms with Gasteiger partial charge in [0.05, 0.1) is 16.8 Å². The van der Waals surface area contributed by atoms with Crippen LogP contribution < -0.4 is 10.2 Å². The third-order valence-corrected chi connectivity index (χ3v) is 3.94. The fraction of sp³-hybridized carbons (Fsp3) is 0.0500. The van der Waals surface area contributed by atoms with E-state index in [2.05, 4.69) is 10.5 Å². The van der Waals surface area contributed by atoms with Crippen LogP contribution in [0.25, 0.3) is 0 Å². The second-order valence-corrected chi connectivity index (χ2v) is 6.09. The summed E-state index contributed by atoms with van der Waals surface area (Å²) in [6.07, 6.45) is 1.66. The van der Waals surface area contributed by atoms with Crippen LogP contribution in [0.4, 0.5) is 11.4 Å². The van der Waals surface area contributed by atoms with Gasteiger partial charge >= 0.3 is 0 Å². The number of nitrogens with one attached hydrogen (secondary N) is 1. The Morgan fingerprint density at radius 2 is 1.67 bits per heavy atom. The molecule has 3 aromatic carbocycles. The molecule has 0 saturated heterocycles. The van der Waals surface area contributed by atoms with Gasteiger partial charge in [-0.25, -0.2) is 0 Å². The average molecular weight is 382 g/mol. The highest BCUT2D eigenvalue weighted by Crippen LogP contribution is 2.16. The number of nitro benzene ring substituents is 1. The maximum absolute atomic E-state index is 10.6. The van der Waals surface area contributed by atoms with Crippen molar-refractivity contribution in [3.8, 4) is 5.75 Å². The molecule has 0 aliphatic rings. The van der Waals surface area contributed by atoms with Crippen molar-refractivity contribution in [3.05, 3.63) is 99.1 Å². The molecule has 0 aliphatic carbocycles. The first-order chi connectivity index (χ1) is 13.1. The van der Waals surface area contributed by atoms with Gasteiger partial charge < -0.3 is 4.74 Å². The lowest BCUT2D eigenvalue weighted by atomic mass is 10.2. The maximum Gasteiger partial charge on any atom is 0.269 e. The number of halogens is 1. The van der Waals surface area contributed by atoms with Crippen molar-refractivity contribution in [2.45, 2.75) is 6.61 Å². The lowest BCUT2D eigenvalue weighted by molar-refractivity contribution is -0.384. The Morgan fingerprint density at radius 3 is 2.30 bits per heavy atom. The normalized spacial score (nSPS) is 10.7. The van der Waals surface area contributed by atoms with E-state index in [0.29, 0.717) is 17.3 Å². The monoisotopic (exact) mass is 381 g/mol. The second-order valence-electron chi connectivity index (χ2n) is 5.66. The van der Waals surface area contributed by atoms with Crippen LogP contribution in [0.5, 0.6) is 5.75 Å². The van der Waals surface area contributed by atoms with Gasteiger partial charge in [-0.1, -0.05) is 23.7 Å². The van der Waals surface area contributed by atoms with Crippen LogP contribution >= 0.6 is 11.6 Å². The van der Waals surface area contributed by atoms with Gasteiger partial charge in [-0.3, -0.25) is 15.5 Å². The highest BCUT2D eigenvalue weighted by Gasteiger charge is 2.03. The number of hydrogen-bond acceptors (Lipinski definition) is 5. The fourth-order valence-electron chi connectivity index (χ4n) is 2.24. The predicted octanol–water partition coefficient (Wildman–Crippen LogP) is 5.27. The third-order valence-electron chi connectivity index (χ3n) is 3.68. The number of hydrogen-bond donors (Lipinski definition) is 1. The van der Waals surface area contributed by atoms with Crippen molar-refractivity contribution in [3.63, 3.8) is 0 Å². The van der Waals surface area contributed by atoms with Crippen LogP contribution in [0.15, 0.2) is 77.9 Å². The van der Waals surface area contributed by atoms with E-state index in [1.165, 1.54) is 12.1 Å². The molecule has 136 valence electrons. The Morgan fingerprint density at radius 1 is 1.00 bits per heavy atom. The van der Waals surface area contributed by atoms with Gasteiger partial charge in [0, 0.05) is 17.2 Å². The molecule has 1 N–H and O–H groups in total. The molecular weight excluding hydrogens is 366 g/mol. The van der Waals surface area contributed by atoms with E-state index in [1.807, 2.05) is 48.5 Å². The summed E-state index contributed by atoms with van der Waals surface area (Å²) in [6.45, 7) is 0.465. The van der Waals surface area contributed by atoms with Crippen LogP contribution in [0, 0.1) is 10.1 Å². The molecule has 0 unspecified atom stereocenters. The largest absolute Gasteiger partial charge is 0.489 e. The minimum absolute atomic E-state index is 0.0405. The summed E-state index contributed by atoms with van der Waals surface area (Å²) in [6, 6.07) is 21.1. The van der Waals surface area contributed by atoms with Crippen molar-refractivity contribution in [1.29, 1.82) is 0 Å². The number of benzene rings is 3. The van der Waals surface area contributed by atoms with Crippen molar-refractivity contribution in [2.24, 2.45) is 5.10 Å². The Hall–Kier alpha value is -3.38. The van der Waals surface area contributed by atoms with E-state index in [9.17, 15) is 10.1 Å². The van der Waals surface area contributed by atoms with Gasteiger partial charge in [-0.05, 0) is 59.7 Å². The Balaban J connectivity index is 1.51. The highest BCUT2D eigenvalue weighted by atomic mass is 35.5. The van der Waals surface area contributed by atoms with E-state index in [0.717, 1.165) is 16.9 Å². The number of anilines is 1. The molecule has 0 atom stereocenters. The summed E-state index contributed by atoms with van der Waals surface area (Å²) in [5.41, 5.74) is 5.47. The maximum atomic E-state index is 10.6. The quantitative estimate of drug-likeness (QED) is 0.343. The minimum atomic E-state index is -0.441. The highest BCUT2D eigenvalue weighted by molar-refractivity contribution is 6.30. The Bertz CT molecular complexity index is 924. The third kappa shape index (κ3) is 5.55. The summed E-state index contributed by atoms with van der Waals surface area (Å²) >= 11 is 5.86. The minimum Gasteiger partial charge on any atom is -0.489 e. The Labute approximate surface area is 161 Å². The zero-order valence-corrected chi connectivity index (χ0v) is 15.0. The molecule has 0 radical (unpaired) electrons. The first kappa shape index (κ1) is 18.4. The summed E-state index contributed by atoms with van der Waals surface area (Å²) < 4.78 is 5.73. The van der Waals surface area contributed by atoms with Crippen molar-refractivity contribution >= 4 is 29.2 Å². The number of hydrazone groups is 1. The molecule has 6 nitrogen and oxygen atoms in total. The summed E-state index contributed by atoms with van der Waals surface area (Å²) in [5.74, 6) is 0.755. The van der Waals surface area contributed by atoms with Crippen LogP contribution in [-0.4, -0.2) is 11.1 Å². The number of nitro groups is 1. The van der Waals surface area contributed by atoms with E-state index in [-0.39, 0.29) is 5.69 Å². The van der Waals surface area contributed by atoms with Crippen molar-refractivity contribution < 1.29 is 9.66 Å². The van der Waals surface area contributed by atoms with E-state index in [1.54, 1.807) is 18.3 Å². The molecule has 0 amide bonds. The SMILES string of the molecule is O=[N+]([O-])c1ccc(N/N=C\c2ccc(OCc3ccc(Cl)cc3)cc2)cc1. The zero-order chi connectivity index (χ0) is 19.1. The van der Waals surface area contributed by atoms with Crippen LogP contribution in [-0.2, 0) is 6.61 Å². The number of nitrogens with zero attached hydrogens (tertiary/aromatic N) is 2. The van der Waals surface area contributed by atoms with Crippen LogP contribution in [0.1, 0.15) is 11.1 Å². The van der Waals surface area contributed by atoms with Gasteiger partial charge in [0.15, 0.2) is 0 Å². The predicted molar refractivity (Wildman–Crippen MR) is 107 cm³/mol. The van der Waals surface area contributed by atoms with Crippen molar-refractivity contribution in [2.75, 3.05) is 5.43 Å². The molecular formula is C20H16ClN3O3. The molecule has 7 heteroatoms. The van der Waals surface area contributed by atoms with Gasteiger partial charge in [0.25, 0.3) is 5.69 Å². The first-order valence-electron chi connectivity index (χ1n) is 8.11.